The average Bonchev–Trinajstić information content (AvgIpc) is 2.88. The van der Waals surface area contributed by atoms with Crippen LogP contribution in [0.25, 0.3) is 0 Å². The van der Waals surface area contributed by atoms with Gasteiger partial charge in [0, 0.05) is 31.2 Å². The second-order valence-electron chi connectivity index (χ2n) is 4.50. The highest BCUT2D eigenvalue weighted by atomic mass is 79.9. The number of methoxy groups -OCH3 is 1. The molecule has 1 aromatic rings. The van der Waals surface area contributed by atoms with E-state index < -0.39 is 5.60 Å². The maximum Gasteiger partial charge on any atom is 0.252 e. The Hall–Kier alpha value is -0.620. The van der Waals surface area contributed by atoms with Crippen LogP contribution in [0.1, 0.15) is 16.8 Å². The second kappa shape index (κ2) is 6.22. The summed E-state index contributed by atoms with van der Waals surface area (Å²) < 4.78 is 11.6. The number of nitrogens with one attached hydrogen (secondary N) is 1. The predicted molar refractivity (Wildman–Crippen MR) is 76.7 cm³/mol. The van der Waals surface area contributed by atoms with Gasteiger partial charge in [0.15, 0.2) is 0 Å². The number of ether oxygens (including phenoxy) is 2. The Morgan fingerprint density at radius 3 is 3.05 bits per heavy atom. The van der Waals surface area contributed by atoms with Gasteiger partial charge in [0.1, 0.15) is 5.60 Å². The molecule has 6 heteroatoms. The van der Waals surface area contributed by atoms with E-state index in [0.29, 0.717) is 30.3 Å². The second-order valence-corrected chi connectivity index (χ2v) is 5.82. The van der Waals surface area contributed by atoms with Crippen molar-refractivity contribution in [3.8, 4) is 0 Å². The minimum atomic E-state index is -0.422. The predicted octanol–water partition coefficient (Wildman–Crippen LogP) is 2.64. The molecule has 1 N–H and O–H groups in total. The summed E-state index contributed by atoms with van der Waals surface area (Å²) in [6.07, 6.45) is 0.774. The van der Waals surface area contributed by atoms with Crippen LogP contribution in [-0.4, -0.2) is 38.4 Å². The lowest BCUT2D eigenvalue weighted by Crippen LogP contribution is -2.45. The number of benzene rings is 1. The fourth-order valence-electron chi connectivity index (χ4n) is 1.97. The number of hydrogen-bond acceptors (Lipinski definition) is 3. The number of carbonyl (C=O) groups excluding carboxylic acids is 1. The van der Waals surface area contributed by atoms with Crippen LogP contribution in [0.4, 0.5) is 0 Å². The molecule has 2 rings (SSSR count). The van der Waals surface area contributed by atoms with Crippen molar-refractivity contribution in [2.24, 2.45) is 0 Å². The first kappa shape index (κ1) is 14.8. The van der Waals surface area contributed by atoms with Crippen molar-refractivity contribution in [2.45, 2.75) is 12.0 Å². The van der Waals surface area contributed by atoms with E-state index in [1.54, 1.807) is 25.3 Å². The zero-order valence-electron chi connectivity index (χ0n) is 10.5. The lowest BCUT2D eigenvalue weighted by Gasteiger charge is -2.25. The van der Waals surface area contributed by atoms with Gasteiger partial charge in [-0.1, -0.05) is 27.5 Å². The van der Waals surface area contributed by atoms with Crippen molar-refractivity contribution in [3.05, 3.63) is 33.3 Å². The molecule has 1 fully saturated rings. The molecule has 104 valence electrons. The number of hydrogen-bond donors (Lipinski definition) is 1. The molecule has 0 saturated carbocycles. The first-order chi connectivity index (χ1) is 9.06. The SMILES string of the molecule is COC1(CNC(=O)c2cc(Br)ccc2Cl)CCOC1. The minimum absolute atomic E-state index is 0.213. The molecular weight excluding hydrogens is 334 g/mol. The van der Waals surface area contributed by atoms with Crippen LogP contribution in [0.2, 0.25) is 5.02 Å². The van der Waals surface area contributed by atoms with Crippen LogP contribution in [0.3, 0.4) is 0 Å². The third-order valence-electron chi connectivity index (χ3n) is 3.24. The van der Waals surface area contributed by atoms with Gasteiger partial charge in [-0.25, -0.2) is 0 Å². The highest BCUT2D eigenvalue weighted by Crippen LogP contribution is 2.23. The molecule has 4 nitrogen and oxygen atoms in total. The quantitative estimate of drug-likeness (QED) is 0.910. The largest absolute Gasteiger partial charge is 0.378 e. The normalized spacial score (nSPS) is 22.5. The van der Waals surface area contributed by atoms with Gasteiger partial charge in [-0.05, 0) is 18.2 Å². The molecule has 1 aromatic carbocycles. The standard InChI is InChI=1S/C13H15BrClNO3/c1-18-13(4-5-19-8-13)7-16-12(17)10-6-9(14)2-3-11(10)15/h2-3,6H,4-5,7-8H2,1H3,(H,16,17). The maximum absolute atomic E-state index is 12.1. The lowest BCUT2D eigenvalue weighted by molar-refractivity contribution is -0.0148. The van der Waals surface area contributed by atoms with E-state index in [1.165, 1.54) is 0 Å². The monoisotopic (exact) mass is 347 g/mol. The summed E-state index contributed by atoms with van der Waals surface area (Å²) in [4.78, 5) is 12.1. The highest BCUT2D eigenvalue weighted by molar-refractivity contribution is 9.10. The lowest BCUT2D eigenvalue weighted by atomic mass is 10.0. The molecule has 1 heterocycles. The Morgan fingerprint density at radius 2 is 2.42 bits per heavy atom. The molecule has 1 aliphatic heterocycles. The van der Waals surface area contributed by atoms with Crippen molar-refractivity contribution in [1.82, 2.24) is 5.32 Å². The van der Waals surface area contributed by atoms with Gasteiger partial charge < -0.3 is 14.8 Å². The summed E-state index contributed by atoms with van der Waals surface area (Å²) >= 11 is 9.34. The van der Waals surface area contributed by atoms with Crippen LogP contribution in [0.5, 0.6) is 0 Å². The molecule has 0 spiro atoms. The summed E-state index contributed by atoms with van der Waals surface area (Å²) in [7, 11) is 1.63. The van der Waals surface area contributed by atoms with Crippen LogP contribution < -0.4 is 5.32 Å². The summed E-state index contributed by atoms with van der Waals surface area (Å²) in [5.41, 5.74) is 0.0231. The molecule has 0 bridgehead atoms. The van der Waals surface area contributed by atoms with Crippen molar-refractivity contribution in [2.75, 3.05) is 26.9 Å². The van der Waals surface area contributed by atoms with Crippen molar-refractivity contribution in [3.63, 3.8) is 0 Å². The average molecular weight is 349 g/mol. The first-order valence-corrected chi connectivity index (χ1v) is 7.10. The Bertz CT molecular complexity index is 475. The Balaban J connectivity index is 2.03. The Kier molecular flexibility index (Phi) is 4.84. The van der Waals surface area contributed by atoms with Gasteiger partial charge in [0.05, 0.1) is 17.2 Å². The van der Waals surface area contributed by atoms with Crippen molar-refractivity contribution in [1.29, 1.82) is 0 Å². The third kappa shape index (κ3) is 3.48. The van der Waals surface area contributed by atoms with Crippen LogP contribution in [-0.2, 0) is 9.47 Å². The smallest absolute Gasteiger partial charge is 0.252 e. The summed E-state index contributed by atoms with van der Waals surface area (Å²) in [5.74, 6) is -0.213. The maximum atomic E-state index is 12.1. The number of carbonyl (C=O) groups is 1. The summed E-state index contributed by atoms with van der Waals surface area (Å²) in [6.45, 7) is 1.56. The first-order valence-electron chi connectivity index (χ1n) is 5.92. The summed E-state index contributed by atoms with van der Waals surface area (Å²) in [5, 5.41) is 3.28. The van der Waals surface area contributed by atoms with Gasteiger partial charge in [0.25, 0.3) is 5.91 Å². The topological polar surface area (TPSA) is 47.6 Å². The van der Waals surface area contributed by atoms with Gasteiger partial charge in [-0.3, -0.25) is 4.79 Å². The van der Waals surface area contributed by atoms with Crippen LogP contribution >= 0.6 is 27.5 Å². The van der Waals surface area contributed by atoms with Crippen LogP contribution in [0.15, 0.2) is 22.7 Å². The Morgan fingerprint density at radius 1 is 1.63 bits per heavy atom. The molecular formula is C13H15BrClNO3. The third-order valence-corrected chi connectivity index (χ3v) is 4.07. The van der Waals surface area contributed by atoms with E-state index >= 15 is 0 Å². The zero-order valence-corrected chi connectivity index (χ0v) is 12.9. The van der Waals surface area contributed by atoms with E-state index in [2.05, 4.69) is 21.2 Å². The van der Waals surface area contributed by atoms with E-state index in [1.807, 2.05) is 0 Å². The molecule has 1 atom stereocenters. The molecule has 0 aromatic heterocycles. The molecule has 0 aliphatic carbocycles. The molecule has 1 amide bonds. The number of rotatable bonds is 4. The molecule has 1 saturated heterocycles. The molecule has 0 radical (unpaired) electrons. The van der Waals surface area contributed by atoms with Gasteiger partial charge in [0.2, 0.25) is 0 Å². The highest BCUT2D eigenvalue weighted by Gasteiger charge is 2.35. The minimum Gasteiger partial charge on any atom is -0.378 e. The Labute approximate surface area is 125 Å². The zero-order chi connectivity index (χ0) is 13.9. The van der Waals surface area contributed by atoms with Gasteiger partial charge in [-0.2, -0.15) is 0 Å². The van der Waals surface area contributed by atoms with Crippen LogP contribution in [0, 0.1) is 0 Å². The summed E-state index contributed by atoms with van der Waals surface area (Å²) in [6, 6.07) is 5.17. The molecule has 1 unspecified atom stereocenters. The van der Waals surface area contributed by atoms with Gasteiger partial charge in [-0.15, -0.1) is 0 Å². The van der Waals surface area contributed by atoms with Crippen molar-refractivity contribution < 1.29 is 14.3 Å². The fraction of sp³-hybridized carbons (Fsp3) is 0.462. The number of amides is 1. The molecule has 1 aliphatic rings. The van der Waals surface area contributed by atoms with E-state index in [0.717, 1.165) is 10.9 Å². The number of halogens is 2. The van der Waals surface area contributed by atoms with E-state index in [-0.39, 0.29) is 5.91 Å². The van der Waals surface area contributed by atoms with Gasteiger partial charge >= 0.3 is 0 Å². The fourth-order valence-corrected chi connectivity index (χ4v) is 2.53. The molecule has 19 heavy (non-hydrogen) atoms. The van der Waals surface area contributed by atoms with E-state index in [9.17, 15) is 4.79 Å². The van der Waals surface area contributed by atoms with E-state index in [4.69, 9.17) is 21.1 Å². The van der Waals surface area contributed by atoms with Crippen molar-refractivity contribution >= 4 is 33.4 Å².